The number of esters is 1. The van der Waals surface area contributed by atoms with Gasteiger partial charge in [-0.1, -0.05) is 36.9 Å². The molecule has 0 aliphatic heterocycles. The van der Waals surface area contributed by atoms with Gasteiger partial charge in [-0.2, -0.15) is 0 Å². The van der Waals surface area contributed by atoms with Crippen molar-refractivity contribution in [1.82, 2.24) is 0 Å². The van der Waals surface area contributed by atoms with E-state index in [-0.39, 0.29) is 18.4 Å². The number of benzene rings is 1. The molecule has 0 heterocycles. The number of nitrogens with zero attached hydrogens (tertiary/aromatic N) is 1. The Balaban J connectivity index is 0.00000361. The van der Waals surface area contributed by atoms with Gasteiger partial charge >= 0.3 is 5.97 Å². The smallest absolute Gasteiger partial charge is 0.330 e. The van der Waals surface area contributed by atoms with Crippen LogP contribution in [0.4, 0.5) is 0 Å². The first-order chi connectivity index (χ1) is 9.09. The molecule has 0 N–H and O–H groups in total. The minimum atomic E-state index is -0.339. The highest BCUT2D eigenvalue weighted by Gasteiger charge is 2.19. The highest BCUT2D eigenvalue weighted by atomic mass is 35.5. The maximum atomic E-state index is 11.0. The fourth-order valence-electron chi connectivity index (χ4n) is 2.05. The van der Waals surface area contributed by atoms with Gasteiger partial charge in [0.1, 0.15) is 6.54 Å². The lowest BCUT2D eigenvalue weighted by Gasteiger charge is -2.33. The normalized spacial score (nSPS) is 12.9. The highest BCUT2D eigenvalue weighted by molar-refractivity contribution is 5.81. The molecule has 0 radical (unpaired) electrons. The van der Waals surface area contributed by atoms with Crippen LogP contribution in [0.2, 0.25) is 0 Å². The van der Waals surface area contributed by atoms with Gasteiger partial charge in [0.15, 0.2) is 0 Å². The highest BCUT2D eigenvalue weighted by Crippen LogP contribution is 2.12. The van der Waals surface area contributed by atoms with E-state index >= 15 is 0 Å². The van der Waals surface area contributed by atoms with Gasteiger partial charge in [-0.3, -0.25) is 0 Å². The van der Waals surface area contributed by atoms with Crippen LogP contribution in [0.5, 0.6) is 0 Å². The van der Waals surface area contributed by atoms with Crippen molar-refractivity contribution in [2.45, 2.75) is 19.9 Å². The van der Waals surface area contributed by atoms with Crippen molar-refractivity contribution in [2.75, 3.05) is 26.7 Å². The third kappa shape index (κ3) is 6.73. The second-order valence-corrected chi connectivity index (χ2v) is 5.03. The lowest BCUT2D eigenvalue weighted by atomic mass is 10.2. The molecule has 0 amide bonds. The van der Waals surface area contributed by atoms with E-state index < -0.39 is 0 Å². The molecule has 1 rings (SSSR count). The Labute approximate surface area is 128 Å². The Hall–Kier alpha value is -1.32. The van der Waals surface area contributed by atoms with E-state index in [1.165, 1.54) is 11.6 Å². The zero-order valence-electron chi connectivity index (χ0n) is 12.3. The summed E-state index contributed by atoms with van der Waals surface area (Å²) >= 11 is 0. The number of halogens is 1. The van der Waals surface area contributed by atoms with E-state index in [1.54, 1.807) is 0 Å². The molecular weight excluding hydrogens is 274 g/mol. The molecule has 1 aromatic carbocycles. The molecule has 0 saturated carbocycles. The van der Waals surface area contributed by atoms with Crippen LogP contribution >= 0.6 is 0 Å². The molecule has 3 nitrogen and oxygen atoms in total. The fourth-order valence-corrected chi connectivity index (χ4v) is 2.05. The summed E-state index contributed by atoms with van der Waals surface area (Å²) in [6.45, 7) is 9.10. The summed E-state index contributed by atoms with van der Waals surface area (Å²) in [5, 5.41) is 0. The summed E-state index contributed by atoms with van der Waals surface area (Å²) in [7, 11) is 2.24. The number of carbonyl (C=O) groups excluding carboxylic acids is 1. The molecule has 1 atom stereocenters. The lowest BCUT2D eigenvalue weighted by molar-refractivity contribution is -0.921. The van der Waals surface area contributed by atoms with Crippen LogP contribution in [-0.4, -0.2) is 37.2 Å². The van der Waals surface area contributed by atoms with Crippen molar-refractivity contribution in [3.05, 3.63) is 48.6 Å². The average molecular weight is 298 g/mol. The second-order valence-electron chi connectivity index (χ2n) is 5.03. The van der Waals surface area contributed by atoms with Gasteiger partial charge in [0, 0.05) is 18.1 Å². The lowest BCUT2D eigenvalue weighted by Crippen LogP contribution is -3.00. The molecule has 0 aliphatic rings. The second kappa shape index (κ2) is 9.56. The van der Waals surface area contributed by atoms with Gasteiger partial charge in [0.25, 0.3) is 0 Å². The fraction of sp³-hybridized carbons (Fsp3) is 0.438. The minimum Gasteiger partial charge on any atom is -1.00 e. The molecule has 20 heavy (non-hydrogen) atoms. The number of ether oxygens (including phenoxy) is 1. The minimum absolute atomic E-state index is 0. The first-order valence-corrected chi connectivity index (χ1v) is 6.76. The third-order valence-electron chi connectivity index (χ3n) is 3.42. The molecule has 0 saturated heterocycles. The topological polar surface area (TPSA) is 26.3 Å². The van der Waals surface area contributed by atoms with Crippen molar-refractivity contribution in [2.24, 2.45) is 0 Å². The maximum Gasteiger partial charge on any atom is 0.330 e. The van der Waals surface area contributed by atoms with Crippen molar-refractivity contribution in [1.29, 1.82) is 0 Å². The molecule has 1 unspecified atom stereocenters. The first-order valence-electron chi connectivity index (χ1n) is 6.76. The van der Waals surface area contributed by atoms with Crippen LogP contribution in [0.25, 0.3) is 0 Å². The van der Waals surface area contributed by atoms with Crippen LogP contribution in [0.15, 0.2) is 43.0 Å². The van der Waals surface area contributed by atoms with Crippen LogP contribution in [0.3, 0.4) is 0 Å². The van der Waals surface area contributed by atoms with Gasteiger partial charge in [-0.15, -0.1) is 0 Å². The SMILES string of the molecule is C=CC(=O)OCCC[N+](C)(CC)Cc1ccccc1.[Cl-]. The molecule has 0 bridgehead atoms. The maximum absolute atomic E-state index is 11.0. The monoisotopic (exact) mass is 297 g/mol. The van der Waals surface area contributed by atoms with E-state index in [1.807, 2.05) is 6.07 Å². The standard InChI is InChI=1S/C16H24NO2.ClH/c1-4-16(18)19-13-9-12-17(3,5-2)14-15-10-7-6-8-11-15;/h4,6-8,10-11H,1,5,9,12-14H2,2-3H3;1H/q+1;/p-1. The van der Waals surface area contributed by atoms with Gasteiger partial charge < -0.3 is 21.6 Å². The van der Waals surface area contributed by atoms with Crippen molar-refractivity contribution < 1.29 is 26.4 Å². The number of hydrogen-bond donors (Lipinski definition) is 0. The van der Waals surface area contributed by atoms with E-state index in [0.29, 0.717) is 6.61 Å². The van der Waals surface area contributed by atoms with Gasteiger partial charge in [0.2, 0.25) is 0 Å². The molecule has 4 heteroatoms. The Bertz CT molecular complexity index is 408. The van der Waals surface area contributed by atoms with Crippen LogP contribution in [-0.2, 0) is 16.1 Å². The van der Waals surface area contributed by atoms with Gasteiger partial charge in [0.05, 0.1) is 26.7 Å². The van der Waals surface area contributed by atoms with E-state index in [4.69, 9.17) is 4.74 Å². The number of quaternary nitrogens is 1. The largest absolute Gasteiger partial charge is 1.00 e. The Morgan fingerprint density at radius 2 is 2.00 bits per heavy atom. The molecular formula is C16H24ClNO2. The summed E-state index contributed by atoms with van der Waals surface area (Å²) in [6.07, 6.45) is 2.08. The molecule has 0 aromatic heterocycles. The van der Waals surface area contributed by atoms with E-state index in [2.05, 4.69) is 44.8 Å². The van der Waals surface area contributed by atoms with Crippen LogP contribution in [0.1, 0.15) is 18.9 Å². The average Bonchev–Trinajstić information content (AvgIpc) is 2.44. The van der Waals surface area contributed by atoms with Crippen LogP contribution in [0, 0.1) is 0 Å². The number of carbonyl (C=O) groups is 1. The van der Waals surface area contributed by atoms with E-state index in [9.17, 15) is 4.79 Å². The Morgan fingerprint density at radius 3 is 2.55 bits per heavy atom. The Kier molecular flexibility index (Phi) is 8.93. The molecule has 0 aliphatic carbocycles. The van der Waals surface area contributed by atoms with Gasteiger partial charge in [-0.25, -0.2) is 4.79 Å². The summed E-state index contributed by atoms with van der Waals surface area (Å²) < 4.78 is 5.97. The van der Waals surface area contributed by atoms with Crippen molar-refractivity contribution >= 4 is 5.97 Å². The molecule has 0 fully saturated rings. The third-order valence-corrected chi connectivity index (χ3v) is 3.42. The predicted molar refractivity (Wildman–Crippen MR) is 77.5 cm³/mol. The predicted octanol–water partition coefficient (Wildman–Crippen LogP) is -0.224. The van der Waals surface area contributed by atoms with Crippen molar-refractivity contribution in [3.8, 4) is 0 Å². The number of rotatable bonds is 8. The summed E-state index contributed by atoms with van der Waals surface area (Å²) in [4.78, 5) is 11.0. The quantitative estimate of drug-likeness (QED) is 0.287. The molecule has 112 valence electrons. The van der Waals surface area contributed by atoms with E-state index in [0.717, 1.165) is 30.5 Å². The Morgan fingerprint density at radius 1 is 1.35 bits per heavy atom. The summed E-state index contributed by atoms with van der Waals surface area (Å²) in [6, 6.07) is 10.5. The first kappa shape index (κ1) is 18.7. The zero-order chi connectivity index (χ0) is 14.1. The van der Waals surface area contributed by atoms with Crippen molar-refractivity contribution in [3.63, 3.8) is 0 Å². The van der Waals surface area contributed by atoms with Crippen LogP contribution < -0.4 is 12.4 Å². The summed E-state index contributed by atoms with van der Waals surface area (Å²) in [5.74, 6) is -0.339. The zero-order valence-corrected chi connectivity index (χ0v) is 13.1. The number of hydrogen-bond acceptors (Lipinski definition) is 2. The summed E-state index contributed by atoms with van der Waals surface area (Å²) in [5.41, 5.74) is 1.34. The molecule has 0 spiro atoms. The van der Waals surface area contributed by atoms with Gasteiger partial charge in [-0.05, 0) is 6.92 Å². The molecule has 1 aromatic rings.